The lowest BCUT2D eigenvalue weighted by molar-refractivity contribution is -0.134. The molecule has 1 atom stereocenters. The zero-order valence-electron chi connectivity index (χ0n) is 21.8. The van der Waals surface area contributed by atoms with Crippen molar-refractivity contribution in [3.8, 4) is 0 Å². The molecule has 2 heterocycles. The highest BCUT2D eigenvalue weighted by molar-refractivity contribution is 9.10. The summed E-state index contributed by atoms with van der Waals surface area (Å²) in [5.41, 5.74) is 4.26. The van der Waals surface area contributed by atoms with Gasteiger partial charge in [-0.25, -0.2) is 0 Å². The molecule has 4 rings (SSSR count). The van der Waals surface area contributed by atoms with Crippen LogP contribution in [0.5, 0.6) is 0 Å². The van der Waals surface area contributed by atoms with Gasteiger partial charge in [-0.15, -0.1) is 11.3 Å². The minimum Gasteiger partial charge on any atom is -0.330 e. The van der Waals surface area contributed by atoms with Crippen molar-refractivity contribution in [2.75, 3.05) is 19.6 Å². The zero-order chi connectivity index (χ0) is 26.0. The molecule has 0 aliphatic carbocycles. The standard InChI is InChI=1S/C30H35BrN2O2S/c1-20(2)18-32(29(35)22-8-12-24(31)13-9-22)19-27(34)33-16-14-26-25(15-17-36-26)28(33)21-6-10-23(11-7-21)30(3,4)5/h6-13,15,17,20,28H,14,16,18-19H2,1-5H3. The summed E-state index contributed by atoms with van der Waals surface area (Å²) in [7, 11) is 0. The molecule has 4 nitrogen and oxygen atoms in total. The van der Waals surface area contributed by atoms with Crippen LogP contribution in [0, 0.1) is 5.92 Å². The van der Waals surface area contributed by atoms with Crippen LogP contribution in [0.15, 0.2) is 64.5 Å². The third-order valence-corrected chi connectivity index (χ3v) is 8.19. The number of halogens is 1. The highest BCUT2D eigenvalue weighted by Crippen LogP contribution is 2.38. The molecule has 2 amide bonds. The van der Waals surface area contributed by atoms with E-state index in [4.69, 9.17) is 0 Å². The van der Waals surface area contributed by atoms with Gasteiger partial charge < -0.3 is 9.80 Å². The molecule has 1 aliphatic rings. The molecule has 2 aromatic carbocycles. The molecule has 0 saturated carbocycles. The van der Waals surface area contributed by atoms with Crippen molar-refractivity contribution >= 4 is 39.1 Å². The smallest absolute Gasteiger partial charge is 0.254 e. The number of benzene rings is 2. The van der Waals surface area contributed by atoms with Crippen molar-refractivity contribution in [2.24, 2.45) is 5.92 Å². The fraction of sp³-hybridized carbons (Fsp3) is 0.400. The van der Waals surface area contributed by atoms with Crippen molar-refractivity contribution in [2.45, 2.75) is 52.5 Å². The van der Waals surface area contributed by atoms with Gasteiger partial charge in [0.15, 0.2) is 0 Å². The Kier molecular flexibility index (Phi) is 8.06. The summed E-state index contributed by atoms with van der Waals surface area (Å²) >= 11 is 5.20. The van der Waals surface area contributed by atoms with Gasteiger partial charge in [0.25, 0.3) is 5.91 Å². The van der Waals surface area contributed by atoms with E-state index >= 15 is 0 Å². The zero-order valence-corrected chi connectivity index (χ0v) is 24.2. The first-order valence-electron chi connectivity index (χ1n) is 12.6. The quantitative estimate of drug-likeness (QED) is 0.320. The number of carbonyl (C=O) groups excluding carboxylic acids is 2. The van der Waals surface area contributed by atoms with Crippen LogP contribution in [0.25, 0.3) is 0 Å². The van der Waals surface area contributed by atoms with Gasteiger partial charge in [-0.3, -0.25) is 9.59 Å². The van der Waals surface area contributed by atoms with Crippen LogP contribution in [0.3, 0.4) is 0 Å². The van der Waals surface area contributed by atoms with E-state index in [9.17, 15) is 9.59 Å². The van der Waals surface area contributed by atoms with Gasteiger partial charge in [0, 0.05) is 28.0 Å². The summed E-state index contributed by atoms with van der Waals surface area (Å²) in [6.45, 7) is 12.0. The van der Waals surface area contributed by atoms with Gasteiger partial charge in [-0.05, 0) is 70.2 Å². The Morgan fingerprint density at radius 1 is 1.06 bits per heavy atom. The third kappa shape index (κ3) is 5.92. The molecule has 0 bridgehead atoms. The molecular formula is C30H35BrN2O2S. The van der Waals surface area contributed by atoms with E-state index in [1.54, 1.807) is 16.2 Å². The van der Waals surface area contributed by atoms with Gasteiger partial charge in [0.2, 0.25) is 5.91 Å². The average Bonchev–Trinajstić information content (AvgIpc) is 3.31. The first kappa shape index (κ1) is 26.6. The van der Waals surface area contributed by atoms with Crippen molar-refractivity contribution in [3.05, 3.63) is 91.6 Å². The Morgan fingerprint density at radius 2 is 1.72 bits per heavy atom. The summed E-state index contributed by atoms with van der Waals surface area (Å²) in [4.78, 5) is 32.3. The Labute approximate surface area is 227 Å². The summed E-state index contributed by atoms with van der Waals surface area (Å²) < 4.78 is 0.922. The van der Waals surface area contributed by atoms with E-state index in [-0.39, 0.29) is 35.7 Å². The second kappa shape index (κ2) is 10.9. The maximum absolute atomic E-state index is 13.8. The number of thiophene rings is 1. The normalized spacial score (nSPS) is 15.6. The fourth-order valence-electron chi connectivity index (χ4n) is 4.80. The summed E-state index contributed by atoms with van der Waals surface area (Å²) in [6.07, 6.45) is 0.847. The highest BCUT2D eigenvalue weighted by atomic mass is 79.9. The van der Waals surface area contributed by atoms with E-state index in [1.807, 2.05) is 29.2 Å². The number of nitrogens with zero attached hydrogens (tertiary/aromatic N) is 2. The van der Waals surface area contributed by atoms with Gasteiger partial charge in [0.1, 0.15) is 6.54 Å². The molecule has 3 aromatic rings. The number of rotatable bonds is 6. The number of amides is 2. The van der Waals surface area contributed by atoms with Crippen LogP contribution >= 0.6 is 27.3 Å². The van der Waals surface area contributed by atoms with Crippen molar-refractivity contribution in [1.82, 2.24) is 9.80 Å². The SMILES string of the molecule is CC(C)CN(CC(=O)N1CCc2sccc2C1c1ccc(C(C)(C)C)cc1)C(=O)c1ccc(Br)cc1. The van der Waals surface area contributed by atoms with E-state index in [1.165, 1.54) is 16.0 Å². The summed E-state index contributed by atoms with van der Waals surface area (Å²) in [5, 5.41) is 2.12. The monoisotopic (exact) mass is 566 g/mol. The number of hydrogen-bond acceptors (Lipinski definition) is 3. The minimum atomic E-state index is -0.134. The second-order valence-corrected chi connectivity index (χ2v) is 12.9. The molecule has 1 aliphatic heterocycles. The molecule has 0 radical (unpaired) electrons. The molecule has 36 heavy (non-hydrogen) atoms. The van der Waals surface area contributed by atoms with Gasteiger partial charge in [-0.1, -0.05) is 74.8 Å². The lowest BCUT2D eigenvalue weighted by Crippen LogP contribution is -2.47. The van der Waals surface area contributed by atoms with E-state index in [0.717, 1.165) is 16.5 Å². The Hall–Kier alpha value is -2.44. The van der Waals surface area contributed by atoms with Gasteiger partial charge in [0.05, 0.1) is 6.04 Å². The van der Waals surface area contributed by atoms with Gasteiger partial charge >= 0.3 is 0 Å². The Morgan fingerprint density at radius 3 is 2.33 bits per heavy atom. The van der Waals surface area contributed by atoms with Crippen LogP contribution in [0.4, 0.5) is 0 Å². The van der Waals surface area contributed by atoms with Crippen molar-refractivity contribution in [1.29, 1.82) is 0 Å². The van der Waals surface area contributed by atoms with Gasteiger partial charge in [-0.2, -0.15) is 0 Å². The molecular weight excluding hydrogens is 532 g/mol. The largest absolute Gasteiger partial charge is 0.330 e. The van der Waals surface area contributed by atoms with E-state index in [2.05, 4.69) is 86.3 Å². The maximum atomic E-state index is 13.8. The third-order valence-electron chi connectivity index (χ3n) is 6.67. The predicted octanol–water partition coefficient (Wildman–Crippen LogP) is 7.08. The molecule has 190 valence electrons. The maximum Gasteiger partial charge on any atom is 0.254 e. The average molecular weight is 568 g/mol. The lowest BCUT2D eigenvalue weighted by atomic mass is 9.85. The summed E-state index contributed by atoms with van der Waals surface area (Å²) in [6, 6.07) is 18.1. The Bertz CT molecular complexity index is 1210. The first-order valence-corrected chi connectivity index (χ1v) is 14.2. The van der Waals surface area contributed by atoms with Crippen LogP contribution in [0.2, 0.25) is 0 Å². The topological polar surface area (TPSA) is 40.6 Å². The molecule has 0 saturated heterocycles. The van der Waals surface area contributed by atoms with Crippen LogP contribution < -0.4 is 0 Å². The minimum absolute atomic E-state index is 0.0112. The predicted molar refractivity (Wildman–Crippen MR) is 152 cm³/mol. The van der Waals surface area contributed by atoms with Crippen molar-refractivity contribution in [3.63, 3.8) is 0 Å². The first-order chi connectivity index (χ1) is 17.0. The van der Waals surface area contributed by atoms with E-state index < -0.39 is 0 Å². The lowest BCUT2D eigenvalue weighted by Gasteiger charge is -2.38. The Balaban J connectivity index is 1.63. The summed E-state index contributed by atoms with van der Waals surface area (Å²) in [5.74, 6) is 0.134. The van der Waals surface area contributed by atoms with Crippen LogP contribution in [0.1, 0.15) is 72.6 Å². The highest BCUT2D eigenvalue weighted by Gasteiger charge is 2.34. The molecule has 0 spiro atoms. The van der Waals surface area contributed by atoms with Crippen molar-refractivity contribution < 1.29 is 9.59 Å². The molecule has 1 unspecified atom stereocenters. The number of fused-ring (bicyclic) bond motifs is 1. The number of carbonyl (C=O) groups is 2. The molecule has 0 fully saturated rings. The molecule has 1 aromatic heterocycles. The van der Waals surface area contributed by atoms with Crippen LogP contribution in [-0.4, -0.2) is 41.2 Å². The second-order valence-electron chi connectivity index (χ2n) is 11.0. The fourth-order valence-corrected chi connectivity index (χ4v) is 5.97. The van der Waals surface area contributed by atoms with E-state index in [0.29, 0.717) is 18.7 Å². The molecule has 0 N–H and O–H groups in total. The molecule has 6 heteroatoms. The number of hydrogen-bond donors (Lipinski definition) is 0. The van der Waals surface area contributed by atoms with Crippen LogP contribution in [-0.2, 0) is 16.6 Å².